The molecule has 72 valence electrons. The normalized spacial score (nSPS) is 26.1. The van der Waals surface area contributed by atoms with Crippen LogP contribution in [0.2, 0.25) is 0 Å². The number of aromatic nitrogens is 1. The van der Waals surface area contributed by atoms with Gasteiger partial charge in [-0.3, -0.25) is 4.98 Å². The quantitative estimate of drug-likeness (QED) is 0.625. The number of hydrogen-bond donors (Lipinski definition) is 0. The number of pyridine rings is 1. The van der Waals surface area contributed by atoms with E-state index in [-0.39, 0.29) is 0 Å². The van der Waals surface area contributed by atoms with E-state index in [2.05, 4.69) is 35.3 Å². The summed E-state index contributed by atoms with van der Waals surface area (Å²) in [5.74, 6) is 1.55. The fourth-order valence-corrected chi connectivity index (χ4v) is 2.70. The SMILES string of the molecule is C1=CC2CC2c2c1ccc1cccnc21. The molecule has 15 heavy (non-hydrogen) atoms. The van der Waals surface area contributed by atoms with Crippen LogP contribution in [0.3, 0.4) is 0 Å². The molecule has 0 aliphatic heterocycles. The molecule has 0 amide bonds. The lowest BCUT2D eigenvalue weighted by molar-refractivity contribution is 1.00. The molecule has 0 N–H and O–H groups in total. The van der Waals surface area contributed by atoms with Crippen molar-refractivity contribution in [2.24, 2.45) is 5.92 Å². The van der Waals surface area contributed by atoms with Gasteiger partial charge in [-0.15, -0.1) is 0 Å². The molecule has 0 saturated heterocycles. The smallest absolute Gasteiger partial charge is 0.0742 e. The number of nitrogens with zero attached hydrogens (tertiary/aromatic N) is 1. The van der Waals surface area contributed by atoms with E-state index < -0.39 is 0 Å². The van der Waals surface area contributed by atoms with Crippen molar-refractivity contribution in [2.75, 3.05) is 0 Å². The Hall–Kier alpha value is -1.63. The van der Waals surface area contributed by atoms with Gasteiger partial charge in [-0.05, 0) is 35.4 Å². The first-order chi connectivity index (χ1) is 7.43. The van der Waals surface area contributed by atoms with Gasteiger partial charge in [0.1, 0.15) is 0 Å². The van der Waals surface area contributed by atoms with E-state index in [9.17, 15) is 0 Å². The summed E-state index contributed by atoms with van der Waals surface area (Å²) in [6, 6.07) is 8.56. The van der Waals surface area contributed by atoms with E-state index in [4.69, 9.17) is 0 Å². The van der Waals surface area contributed by atoms with E-state index in [1.807, 2.05) is 12.3 Å². The third kappa shape index (κ3) is 0.953. The highest BCUT2D eigenvalue weighted by Gasteiger charge is 2.40. The molecule has 2 aliphatic carbocycles. The van der Waals surface area contributed by atoms with Crippen molar-refractivity contribution in [3.05, 3.63) is 47.7 Å². The summed E-state index contributed by atoms with van der Waals surface area (Å²) < 4.78 is 0. The number of fused-ring (bicyclic) bond motifs is 5. The van der Waals surface area contributed by atoms with Gasteiger partial charge in [0.05, 0.1) is 5.52 Å². The van der Waals surface area contributed by atoms with Gasteiger partial charge in [-0.2, -0.15) is 0 Å². The summed E-state index contributed by atoms with van der Waals surface area (Å²) in [6.07, 6.45) is 7.83. The van der Waals surface area contributed by atoms with Crippen LogP contribution in [0.1, 0.15) is 23.5 Å². The molecule has 4 rings (SSSR count). The molecule has 1 aromatic carbocycles. The van der Waals surface area contributed by atoms with Crippen LogP contribution in [-0.2, 0) is 0 Å². The van der Waals surface area contributed by atoms with Crippen molar-refractivity contribution in [3.63, 3.8) is 0 Å². The Bertz CT molecular complexity index is 583. The molecule has 1 fully saturated rings. The molecule has 1 heterocycles. The minimum atomic E-state index is 0.753. The van der Waals surface area contributed by atoms with Crippen LogP contribution in [-0.4, -0.2) is 4.98 Å². The molecular formula is C14H11N. The monoisotopic (exact) mass is 193 g/mol. The summed E-state index contributed by atoms with van der Waals surface area (Å²) in [7, 11) is 0. The average Bonchev–Trinajstić information content (AvgIpc) is 3.07. The van der Waals surface area contributed by atoms with Crippen molar-refractivity contribution in [3.8, 4) is 0 Å². The highest BCUT2D eigenvalue weighted by molar-refractivity contribution is 5.87. The Balaban J connectivity index is 2.15. The van der Waals surface area contributed by atoms with Crippen molar-refractivity contribution in [2.45, 2.75) is 12.3 Å². The molecule has 2 atom stereocenters. The lowest BCUT2D eigenvalue weighted by Gasteiger charge is -2.12. The Morgan fingerprint density at radius 3 is 3.20 bits per heavy atom. The van der Waals surface area contributed by atoms with Crippen molar-refractivity contribution >= 4 is 17.0 Å². The molecule has 0 bridgehead atoms. The summed E-state index contributed by atoms with van der Waals surface area (Å²) in [6.45, 7) is 0. The predicted molar refractivity (Wildman–Crippen MR) is 61.6 cm³/mol. The van der Waals surface area contributed by atoms with Gasteiger partial charge < -0.3 is 0 Å². The van der Waals surface area contributed by atoms with E-state index in [1.165, 1.54) is 28.5 Å². The zero-order valence-corrected chi connectivity index (χ0v) is 8.35. The maximum atomic E-state index is 4.54. The first-order valence-corrected chi connectivity index (χ1v) is 5.49. The van der Waals surface area contributed by atoms with E-state index in [1.54, 1.807) is 0 Å². The number of rotatable bonds is 0. The highest BCUT2D eigenvalue weighted by Crippen LogP contribution is 2.54. The lowest BCUT2D eigenvalue weighted by atomic mass is 9.94. The topological polar surface area (TPSA) is 12.9 Å². The molecule has 0 radical (unpaired) electrons. The van der Waals surface area contributed by atoms with Gasteiger partial charge in [0.15, 0.2) is 0 Å². The number of benzene rings is 1. The standard InChI is InChI=1S/C14H11N/c1-2-10-5-3-9-4-6-11-8-12(11)13(9)14(10)15-7-1/h1-7,11-12H,8H2. The Morgan fingerprint density at radius 2 is 2.20 bits per heavy atom. The molecule has 2 unspecified atom stereocenters. The van der Waals surface area contributed by atoms with Crippen molar-refractivity contribution in [1.82, 2.24) is 4.98 Å². The Morgan fingerprint density at radius 1 is 1.20 bits per heavy atom. The molecule has 0 spiro atoms. The van der Waals surface area contributed by atoms with Crippen molar-refractivity contribution < 1.29 is 0 Å². The van der Waals surface area contributed by atoms with Crippen LogP contribution >= 0.6 is 0 Å². The summed E-state index contributed by atoms with van der Waals surface area (Å²) in [4.78, 5) is 4.54. The maximum Gasteiger partial charge on any atom is 0.0742 e. The minimum Gasteiger partial charge on any atom is -0.256 e. The third-order valence-corrected chi connectivity index (χ3v) is 3.58. The first kappa shape index (κ1) is 7.63. The van der Waals surface area contributed by atoms with Crippen LogP contribution in [0.15, 0.2) is 36.5 Å². The lowest BCUT2D eigenvalue weighted by Crippen LogP contribution is -1.95. The number of allylic oxidation sites excluding steroid dienone is 1. The highest BCUT2D eigenvalue weighted by atomic mass is 14.7. The van der Waals surface area contributed by atoms with Gasteiger partial charge in [0, 0.05) is 11.6 Å². The maximum absolute atomic E-state index is 4.54. The minimum absolute atomic E-state index is 0.753. The number of hydrogen-bond acceptors (Lipinski definition) is 1. The first-order valence-electron chi connectivity index (χ1n) is 5.49. The van der Waals surface area contributed by atoms with Gasteiger partial charge >= 0.3 is 0 Å². The van der Waals surface area contributed by atoms with Crippen LogP contribution in [0.25, 0.3) is 17.0 Å². The Kier molecular flexibility index (Phi) is 1.26. The zero-order valence-electron chi connectivity index (χ0n) is 8.35. The van der Waals surface area contributed by atoms with Crippen LogP contribution in [0, 0.1) is 5.92 Å². The van der Waals surface area contributed by atoms with Gasteiger partial charge in [-0.25, -0.2) is 0 Å². The largest absolute Gasteiger partial charge is 0.256 e. The molecule has 1 heteroatoms. The predicted octanol–water partition coefficient (Wildman–Crippen LogP) is 3.37. The van der Waals surface area contributed by atoms with Gasteiger partial charge in [-0.1, -0.05) is 30.4 Å². The molecular weight excluding hydrogens is 182 g/mol. The van der Waals surface area contributed by atoms with Gasteiger partial charge in [0.2, 0.25) is 0 Å². The summed E-state index contributed by atoms with van der Waals surface area (Å²) in [5.41, 5.74) is 4.08. The summed E-state index contributed by atoms with van der Waals surface area (Å²) in [5, 5.41) is 1.28. The summed E-state index contributed by atoms with van der Waals surface area (Å²) >= 11 is 0. The Labute approximate surface area is 88.5 Å². The van der Waals surface area contributed by atoms with Crippen LogP contribution in [0.5, 0.6) is 0 Å². The van der Waals surface area contributed by atoms with E-state index in [0.29, 0.717) is 0 Å². The molecule has 1 aromatic heterocycles. The molecule has 2 aromatic rings. The van der Waals surface area contributed by atoms with Gasteiger partial charge in [0.25, 0.3) is 0 Å². The molecule has 1 saturated carbocycles. The average molecular weight is 193 g/mol. The van der Waals surface area contributed by atoms with Crippen molar-refractivity contribution in [1.29, 1.82) is 0 Å². The fourth-order valence-electron chi connectivity index (χ4n) is 2.70. The second kappa shape index (κ2) is 2.48. The van der Waals surface area contributed by atoms with E-state index in [0.717, 1.165) is 11.8 Å². The molecule has 1 nitrogen and oxygen atoms in total. The van der Waals surface area contributed by atoms with Crippen LogP contribution < -0.4 is 0 Å². The second-order valence-corrected chi connectivity index (χ2v) is 4.51. The third-order valence-electron chi connectivity index (χ3n) is 3.58. The zero-order chi connectivity index (χ0) is 9.83. The second-order valence-electron chi connectivity index (χ2n) is 4.51. The molecule has 2 aliphatic rings. The van der Waals surface area contributed by atoms with Crippen LogP contribution in [0.4, 0.5) is 0 Å². The fraction of sp³-hybridized carbons (Fsp3) is 0.214. The van der Waals surface area contributed by atoms with E-state index >= 15 is 0 Å².